The van der Waals surface area contributed by atoms with Gasteiger partial charge < -0.3 is 10.1 Å². The van der Waals surface area contributed by atoms with Crippen molar-refractivity contribution in [3.05, 3.63) is 18.2 Å². The molecule has 0 amide bonds. The van der Waals surface area contributed by atoms with Crippen molar-refractivity contribution in [2.75, 3.05) is 19.0 Å². The molecule has 76 valence electrons. The quantitative estimate of drug-likeness (QED) is 0.705. The summed E-state index contributed by atoms with van der Waals surface area (Å²) in [5.41, 5.74) is 8.48. The van der Waals surface area contributed by atoms with Gasteiger partial charge in [-0.1, -0.05) is 6.92 Å². The lowest BCUT2D eigenvalue weighted by Gasteiger charge is -2.08. The van der Waals surface area contributed by atoms with Crippen LogP contribution in [0.15, 0.2) is 23.3 Å². The summed E-state index contributed by atoms with van der Waals surface area (Å²) in [7, 11) is 1.62. The van der Waals surface area contributed by atoms with Crippen molar-refractivity contribution in [1.82, 2.24) is 0 Å². The Morgan fingerprint density at radius 1 is 1.50 bits per heavy atom. The van der Waals surface area contributed by atoms with Crippen LogP contribution in [0.3, 0.4) is 0 Å². The average molecular weight is 193 g/mol. The van der Waals surface area contributed by atoms with E-state index in [9.17, 15) is 0 Å². The largest absolute Gasteiger partial charge is 0.497 e. The van der Waals surface area contributed by atoms with Crippen LogP contribution in [0.2, 0.25) is 0 Å². The van der Waals surface area contributed by atoms with E-state index in [-0.39, 0.29) is 0 Å². The molecule has 0 fully saturated rings. The summed E-state index contributed by atoms with van der Waals surface area (Å²) in [6, 6.07) is 5.41. The Bertz CT molecular complexity index is 312. The maximum atomic E-state index is 6.99. The second kappa shape index (κ2) is 5.21. The highest BCUT2D eigenvalue weighted by molar-refractivity contribution is 5.67. The van der Waals surface area contributed by atoms with Crippen LogP contribution in [-0.2, 0) is 0 Å². The third-order valence-electron chi connectivity index (χ3n) is 1.89. The SMILES string of the molecule is CCCNc1cc(OC)ccc1N=N. The molecule has 14 heavy (non-hydrogen) atoms. The molecular formula is C10H15N3O. The minimum absolute atomic E-state index is 0.638. The fourth-order valence-electron chi connectivity index (χ4n) is 1.14. The van der Waals surface area contributed by atoms with Crippen molar-refractivity contribution in [2.24, 2.45) is 5.11 Å². The maximum Gasteiger partial charge on any atom is 0.121 e. The van der Waals surface area contributed by atoms with Crippen LogP contribution in [0, 0.1) is 5.53 Å². The minimum Gasteiger partial charge on any atom is -0.497 e. The lowest BCUT2D eigenvalue weighted by Crippen LogP contribution is -2.00. The fourth-order valence-corrected chi connectivity index (χ4v) is 1.14. The standard InChI is InChI=1S/C10H15N3O/c1-3-6-12-10-7-8(14-2)4-5-9(10)13-11/h4-5,7,11-12H,3,6H2,1-2H3. The zero-order valence-corrected chi connectivity index (χ0v) is 8.50. The highest BCUT2D eigenvalue weighted by atomic mass is 16.5. The van der Waals surface area contributed by atoms with Gasteiger partial charge in [-0.25, -0.2) is 5.53 Å². The molecule has 0 aromatic heterocycles. The highest BCUT2D eigenvalue weighted by Gasteiger charge is 2.02. The van der Waals surface area contributed by atoms with Gasteiger partial charge >= 0.3 is 0 Å². The van der Waals surface area contributed by atoms with Crippen LogP contribution in [0.25, 0.3) is 0 Å². The number of anilines is 1. The zero-order chi connectivity index (χ0) is 10.4. The van der Waals surface area contributed by atoms with Gasteiger partial charge in [-0.15, -0.1) is 0 Å². The fraction of sp³-hybridized carbons (Fsp3) is 0.400. The summed E-state index contributed by atoms with van der Waals surface area (Å²) < 4.78 is 5.09. The van der Waals surface area contributed by atoms with E-state index in [1.54, 1.807) is 19.2 Å². The molecule has 0 unspecified atom stereocenters. The molecule has 1 aromatic rings. The van der Waals surface area contributed by atoms with Crippen LogP contribution >= 0.6 is 0 Å². The van der Waals surface area contributed by atoms with E-state index in [0.717, 1.165) is 24.4 Å². The third-order valence-corrected chi connectivity index (χ3v) is 1.89. The monoisotopic (exact) mass is 193 g/mol. The number of nitrogens with one attached hydrogen (secondary N) is 2. The van der Waals surface area contributed by atoms with Gasteiger partial charge in [-0.2, -0.15) is 5.11 Å². The number of rotatable bonds is 5. The number of nitrogens with zero attached hydrogens (tertiary/aromatic N) is 1. The van der Waals surface area contributed by atoms with E-state index in [1.165, 1.54) is 0 Å². The van der Waals surface area contributed by atoms with Crippen molar-refractivity contribution in [1.29, 1.82) is 5.53 Å². The Hall–Kier alpha value is -1.58. The van der Waals surface area contributed by atoms with Crippen molar-refractivity contribution in [2.45, 2.75) is 13.3 Å². The molecule has 1 aromatic carbocycles. The summed E-state index contributed by atoms with van der Waals surface area (Å²) in [5, 5.41) is 6.63. The van der Waals surface area contributed by atoms with Gasteiger partial charge in [0.25, 0.3) is 0 Å². The molecule has 0 spiro atoms. The van der Waals surface area contributed by atoms with E-state index < -0.39 is 0 Å². The van der Waals surface area contributed by atoms with Gasteiger partial charge in [-0.05, 0) is 18.6 Å². The summed E-state index contributed by atoms with van der Waals surface area (Å²) in [6.45, 7) is 2.96. The van der Waals surface area contributed by atoms with E-state index in [4.69, 9.17) is 10.3 Å². The normalized spacial score (nSPS) is 9.57. The zero-order valence-electron chi connectivity index (χ0n) is 8.50. The predicted molar refractivity (Wildman–Crippen MR) is 56.6 cm³/mol. The Kier molecular flexibility index (Phi) is 3.91. The Morgan fingerprint density at radius 2 is 2.29 bits per heavy atom. The molecule has 0 aliphatic rings. The first-order chi connectivity index (χ1) is 6.81. The lowest BCUT2D eigenvalue weighted by atomic mass is 10.2. The summed E-state index contributed by atoms with van der Waals surface area (Å²) in [4.78, 5) is 0. The average Bonchev–Trinajstić information content (AvgIpc) is 2.25. The lowest BCUT2D eigenvalue weighted by molar-refractivity contribution is 0.415. The molecule has 0 heterocycles. The van der Waals surface area contributed by atoms with Crippen LogP contribution in [-0.4, -0.2) is 13.7 Å². The Balaban J connectivity index is 2.90. The molecule has 0 bridgehead atoms. The maximum absolute atomic E-state index is 6.99. The van der Waals surface area contributed by atoms with E-state index >= 15 is 0 Å². The number of methoxy groups -OCH3 is 1. The summed E-state index contributed by atoms with van der Waals surface area (Å²) >= 11 is 0. The van der Waals surface area contributed by atoms with Crippen LogP contribution in [0.5, 0.6) is 5.75 Å². The van der Waals surface area contributed by atoms with E-state index in [0.29, 0.717) is 5.69 Å². The predicted octanol–water partition coefficient (Wildman–Crippen LogP) is 3.18. The van der Waals surface area contributed by atoms with Gasteiger partial charge in [0, 0.05) is 12.6 Å². The molecule has 0 saturated heterocycles. The summed E-state index contributed by atoms with van der Waals surface area (Å²) in [5.74, 6) is 0.774. The van der Waals surface area contributed by atoms with E-state index in [1.807, 2.05) is 6.07 Å². The number of ether oxygens (including phenoxy) is 1. The molecule has 2 N–H and O–H groups in total. The molecule has 0 aliphatic carbocycles. The molecule has 0 aliphatic heterocycles. The molecule has 0 radical (unpaired) electrons. The molecule has 0 saturated carbocycles. The van der Waals surface area contributed by atoms with Gasteiger partial charge in [-0.3, -0.25) is 0 Å². The van der Waals surface area contributed by atoms with E-state index in [2.05, 4.69) is 17.4 Å². The van der Waals surface area contributed by atoms with Gasteiger partial charge in [0.05, 0.1) is 12.8 Å². The summed E-state index contributed by atoms with van der Waals surface area (Å²) in [6.07, 6.45) is 1.04. The minimum atomic E-state index is 0.638. The van der Waals surface area contributed by atoms with Crippen LogP contribution in [0.1, 0.15) is 13.3 Å². The van der Waals surface area contributed by atoms with Crippen molar-refractivity contribution in [3.63, 3.8) is 0 Å². The van der Waals surface area contributed by atoms with Crippen molar-refractivity contribution >= 4 is 11.4 Å². The molecule has 0 atom stereocenters. The van der Waals surface area contributed by atoms with Crippen LogP contribution < -0.4 is 10.1 Å². The topological polar surface area (TPSA) is 57.5 Å². The highest BCUT2D eigenvalue weighted by Crippen LogP contribution is 2.28. The first kappa shape index (κ1) is 10.5. The second-order valence-electron chi connectivity index (χ2n) is 2.92. The van der Waals surface area contributed by atoms with Gasteiger partial charge in [0.15, 0.2) is 0 Å². The second-order valence-corrected chi connectivity index (χ2v) is 2.92. The van der Waals surface area contributed by atoms with Crippen molar-refractivity contribution in [3.8, 4) is 5.75 Å². The van der Waals surface area contributed by atoms with Gasteiger partial charge in [0.1, 0.15) is 11.4 Å². The molecule has 1 rings (SSSR count). The molecule has 4 nitrogen and oxygen atoms in total. The smallest absolute Gasteiger partial charge is 0.121 e. The Labute approximate surface area is 83.8 Å². The first-order valence-electron chi connectivity index (χ1n) is 4.61. The number of benzene rings is 1. The number of hydrogen-bond acceptors (Lipinski definition) is 4. The van der Waals surface area contributed by atoms with Gasteiger partial charge in [0.2, 0.25) is 0 Å². The van der Waals surface area contributed by atoms with Crippen LogP contribution in [0.4, 0.5) is 11.4 Å². The third kappa shape index (κ3) is 2.45. The number of hydrogen-bond donors (Lipinski definition) is 2. The molecular weight excluding hydrogens is 178 g/mol. The Morgan fingerprint density at radius 3 is 2.86 bits per heavy atom. The van der Waals surface area contributed by atoms with Crippen molar-refractivity contribution < 1.29 is 4.74 Å². The first-order valence-corrected chi connectivity index (χ1v) is 4.61. The molecule has 4 heteroatoms.